The van der Waals surface area contributed by atoms with Crippen LogP contribution in [0, 0.1) is 0 Å². The summed E-state index contributed by atoms with van der Waals surface area (Å²) in [6.07, 6.45) is -3.43. The number of nitrogens with one attached hydrogen (secondary N) is 3. The molecule has 0 radical (unpaired) electrons. The van der Waals surface area contributed by atoms with Crippen molar-refractivity contribution in [2.45, 2.75) is 6.18 Å². The molecule has 0 aliphatic rings. The lowest BCUT2D eigenvalue weighted by molar-refractivity contribution is -0.137. The van der Waals surface area contributed by atoms with E-state index in [2.05, 4.69) is 37.1 Å². The second-order valence-electron chi connectivity index (χ2n) is 7.82. The zero-order chi connectivity index (χ0) is 29.3. The summed E-state index contributed by atoms with van der Waals surface area (Å²) in [6.45, 7) is -0.601. The molecule has 3 N–H and O–H groups in total. The van der Waals surface area contributed by atoms with Crippen molar-refractivity contribution in [3.63, 3.8) is 0 Å². The predicted molar refractivity (Wildman–Crippen MR) is 144 cm³/mol. The summed E-state index contributed by atoms with van der Waals surface area (Å²) in [5.41, 5.74) is 1.49. The summed E-state index contributed by atoms with van der Waals surface area (Å²) in [7, 11) is 2.84. The number of carbonyl (C=O) groups excluding carboxylic acids is 3. The minimum atomic E-state index is -4.67. The fraction of sp³-hybridized carbons (Fsp3) is 0.154. The van der Waals surface area contributed by atoms with Crippen LogP contribution in [0.3, 0.4) is 0 Å². The molecule has 0 heterocycles. The van der Waals surface area contributed by atoms with Crippen molar-refractivity contribution in [3.05, 3.63) is 76.3 Å². The summed E-state index contributed by atoms with van der Waals surface area (Å²) < 4.78 is 55.7. The summed E-state index contributed by atoms with van der Waals surface area (Å²) in [4.78, 5) is 36.3. The van der Waals surface area contributed by atoms with Crippen LogP contribution in [0.4, 0.5) is 24.5 Å². The second-order valence-corrected chi connectivity index (χ2v) is 8.73. The lowest BCUT2D eigenvalue weighted by atomic mass is 10.1. The number of nitrogens with zero attached hydrogens (tertiary/aromatic N) is 1. The molecule has 40 heavy (non-hydrogen) atoms. The van der Waals surface area contributed by atoms with Crippen LogP contribution in [0.25, 0.3) is 0 Å². The molecule has 3 aromatic rings. The van der Waals surface area contributed by atoms with Gasteiger partial charge in [0.2, 0.25) is 0 Å². The first-order chi connectivity index (χ1) is 19.0. The van der Waals surface area contributed by atoms with E-state index in [4.69, 9.17) is 14.2 Å². The van der Waals surface area contributed by atoms with E-state index in [9.17, 15) is 27.6 Å². The maximum atomic E-state index is 13.3. The van der Waals surface area contributed by atoms with Crippen LogP contribution in [-0.2, 0) is 20.6 Å². The van der Waals surface area contributed by atoms with Crippen LogP contribution in [-0.4, -0.2) is 44.8 Å². The van der Waals surface area contributed by atoms with E-state index >= 15 is 0 Å². The average molecular weight is 623 g/mol. The molecular formula is C26H22BrF3N4O6. The van der Waals surface area contributed by atoms with Gasteiger partial charge in [0.25, 0.3) is 5.91 Å². The molecule has 0 aliphatic carbocycles. The van der Waals surface area contributed by atoms with Crippen molar-refractivity contribution < 1.29 is 41.8 Å². The van der Waals surface area contributed by atoms with Gasteiger partial charge >= 0.3 is 18.0 Å². The molecule has 14 heteroatoms. The first kappa shape index (κ1) is 30.0. The van der Waals surface area contributed by atoms with E-state index in [1.165, 1.54) is 44.7 Å². The molecule has 10 nitrogen and oxygen atoms in total. The molecule has 0 fully saturated rings. The highest BCUT2D eigenvalue weighted by Gasteiger charge is 2.34. The monoisotopic (exact) mass is 622 g/mol. The van der Waals surface area contributed by atoms with Crippen molar-refractivity contribution in [3.8, 4) is 17.2 Å². The van der Waals surface area contributed by atoms with Crippen molar-refractivity contribution in [2.24, 2.45) is 5.10 Å². The van der Waals surface area contributed by atoms with Gasteiger partial charge in [-0.05, 0) is 66.2 Å². The Morgan fingerprint density at radius 2 is 1.62 bits per heavy atom. The normalized spacial score (nSPS) is 11.1. The predicted octanol–water partition coefficient (Wildman–Crippen LogP) is 4.59. The standard InChI is InChI=1S/C26H22BrF3N4O6/c1-38-18-7-5-17(6-8-18)32-24(36)25(37)34-31-13-15-3-10-21(22(11-15)39-2)40-14-23(35)33-20-9-4-16(27)12-19(20)26(28,29)30/h3-13H,14H2,1-2H3,(H,32,36)(H,33,35)(H,34,37)/b31-13-. The summed E-state index contributed by atoms with van der Waals surface area (Å²) >= 11 is 2.98. The van der Waals surface area contributed by atoms with Crippen molar-refractivity contribution in [2.75, 3.05) is 31.5 Å². The fourth-order valence-electron chi connectivity index (χ4n) is 3.15. The molecule has 0 unspecified atom stereocenters. The van der Waals surface area contributed by atoms with Crippen LogP contribution in [0.15, 0.2) is 70.2 Å². The number of halogens is 4. The van der Waals surface area contributed by atoms with E-state index in [0.717, 1.165) is 12.1 Å². The molecule has 0 aromatic heterocycles. The summed E-state index contributed by atoms with van der Waals surface area (Å²) in [5.74, 6) is -1.88. The van der Waals surface area contributed by atoms with E-state index in [-0.39, 0.29) is 16.0 Å². The Kier molecular flexibility index (Phi) is 10.1. The maximum Gasteiger partial charge on any atom is 0.418 e. The fourth-order valence-corrected chi connectivity index (χ4v) is 3.51. The van der Waals surface area contributed by atoms with Gasteiger partial charge in [0.15, 0.2) is 18.1 Å². The number of methoxy groups -OCH3 is 2. The number of carbonyl (C=O) groups is 3. The molecule has 0 saturated heterocycles. The van der Waals surface area contributed by atoms with Gasteiger partial charge in [0.1, 0.15) is 5.75 Å². The molecule has 0 saturated carbocycles. The molecule has 3 amide bonds. The molecule has 210 valence electrons. The number of hydrazone groups is 1. The third-order valence-corrected chi connectivity index (χ3v) is 5.53. The van der Waals surface area contributed by atoms with Gasteiger partial charge in [-0.15, -0.1) is 0 Å². The van der Waals surface area contributed by atoms with Crippen LogP contribution < -0.4 is 30.3 Å². The molecular weight excluding hydrogens is 601 g/mol. The van der Waals surface area contributed by atoms with Crippen LogP contribution in [0.2, 0.25) is 0 Å². The lowest BCUT2D eigenvalue weighted by Gasteiger charge is -2.15. The van der Waals surface area contributed by atoms with E-state index in [1.807, 2.05) is 0 Å². The lowest BCUT2D eigenvalue weighted by Crippen LogP contribution is -2.32. The summed E-state index contributed by atoms with van der Waals surface area (Å²) in [6, 6.07) is 14.1. The molecule has 3 aromatic carbocycles. The zero-order valence-corrected chi connectivity index (χ0v) is 22.6. The van der Waals surface area contributed by atoms with E-state index in [1.54, 1.807) is 24.3 Å². The Bertz CT molecular complexity index is 1410. The number of anilines is 2. The van der Waals surface area contributed by atoms with Gasteiger partial charge in [-0.1, -0.05) is 15.9 Å². The Hall–Kier alpha value is -4.59. The highest BCUT2D eigenvalue weighted by atomic mass is 79.9. The van der Waals surface area contributed by atoms with E-state index < -0.39 is 41.8 Å². The Balaban J connectivity index is 1.56. The number of amides is 3. The largest absolute Gasteiger partial charge is 0.497 e. The number of ether oxygens (including phenoxy) is 3. The Morgan fingerprint density at radius 3 is 2.27 bits per heavy atom. The van der Waals surface area contributed by atoms with Crippen LogP contribution in [0.5, 0.6) is 17.2 Å². The van der Waals surface area contributed by atoms with E-state index in [0.29, 0.717) is 17.0 Å². The number of benzene rings is 3. The third kappa shape index (κ3) is 8.46. The highest BCUT2D eigenvalue weighted by Crippen LogP contribution is 2.36. The maximum absolute atomic E-state index is 13.3. The van der Waals surface area contributed by atoms with Gasteiger partial charge in [-0.25, -0.2) is 5.43 Å². The Labute approximate surface area is 234 Å². The minimum Gasteiger partial charge on any atom is -0.497 e. The van der Waals surface area contributed by atoms with Gasteiger partial charge < -0.3 is 24.8 Å². The first-order valence-electron chi connectivity index (χ1n) is 11.3. The third-order valence-electron chi connectivity index (χ3n) is 5.04. The van der Waals surface area contributed by atoms with Crippen molar-refractivity contribution >= 4 is 51.2 Å². The number of rotatable bonds is 9. The molecule has 0 atom stereocenters. The van der Waals surface area contributed by atoms with Gasteiger partial charge in [0, 0.05) is 10.2 Å². The topological polar surface area (TPSA) is 127 Å². The molecule has 3 rings (SSSR count). The molecule has 0 spiro atoms. The zero-order valence-electron chi connectivity index (χ0n) is 21.0. The number of alkyl halides is 3. The first-order valence-corrected chi connectivity index (χ1v) is 12.1. The molecule has 0 bridgehead atoms. The van der Waals surface area contributed by atoms with Gasteiger partial charge in [-0.3, -0.25) is 14.4 Å². The van der Waals surface area contributed by atoms with Gasteiger partial charge in [-0.2, -0.15) is 18.3 Å². The van der Waals surface area contributed by atoms with Gasteiger partial charge in [0.05, 0.1) is 31.7 Å². The number of hydrogen-bond donors (Lipinski definition) is 3. The Morgan fingerprint density at radius 1 is 0.900 bits per heavy atom. The van der Waals surface area contributed by atoms with Crippen molar-refractivity contribution in [1.29, 1.82) is 0 Å². The quantitative estimate of drug-likeness (QED) is 0.182. The average Bonchev–Trinajstić information content (AvgIpc) is 2.92. The SMILES string of the molecule is COc1ccc(NC(=O)C(=O)N/N=C\c2ccc(OCC(=O)Nc3ccc(Br)cc3C(F)(F)F)c(OC)c2)cc1. The smallest absolute Gasteiger partial charge is 0.418 e. The number of hydrogen-bond acceptors (Lipinski definition) is 7. The van der Waals surface area contributed by atoms with Crippen LogP contribution in [0.1, 0.15) is 11.1 Å². The van der Waals surface area contributed by atoms with Crippen LogP contribution >= 0.6 is 15.9 Å². The van der Waals surface area contributed by atoms with Crippen molar-refractivity contribution in [1.82, 2.24) is 5.43 Å². The molecule has 0 aliphatic heterocycles. The minimum absolute atomic E-state index is 0.129. The summed E-state index contributed by atoms with van der Waals surface area (Å²) in [5, 5.41) is 8.33. The second kappa shape index (κ2) is 13.5. The highest BCUT2D eigenvalue weighted by molar-refractivity contribution is 9.10.